The van der Waals surface area contributed by atoms with Crippen molar-refractivity contribution in [3.05, 3.63) is 47.8 Å². The van der Waals surface area contributed by atoms with Crippen LogP contribution in [0.2, 0.25) is 0 Å². The average molecular weight is 457 g/mol. The lowest BCUT2D eigenvalue weighted by Crippen LogP contribution is -2.35. The van der Waals surface area contributed by atoms with Crippen molar-refractivity contribution in [2.45, 2.75) is 42.9 Å². The largest absolute Gasteiger partial charge is 0.492 e. The molecule has 10 heteroatoms. The van der Waals surface area contributed by atoms with Gasteiger partial charge in [0.25, 0.3) is 10.0 Å². The quantitative estimate of drug-likeness (QED) is 0.688. The van der Waals surface area contributed by atoms with Crippen molar-refractivity contribution in [1.82, 2.24) is 4.31 Å². The van der Waals surface area contributed by atoms with Crippen molar-refractivity contribution in [1.29, 1.82) is 0 Å². The monoisotopic (exact) mass is 456 g/mol. The molecule has 0 aromatic heterocycles. The lowest BCUT2D eigenvalue weighted by atomic mass is 10.2. The summed E-state index contributed by atoms with van der Waals surface area (Å²) in [5.74, 6) is -0.369. The minimum absolute atomic E-state index is 0.0812. The van der Waals surface area contributed by atoms with Crippen LogP contribution < -0.4 is 9.46 Å². The summed E-state index contributed by atoms with van der Waals surface area (Å²) in [5.41, 5.74) is 0.326. The lowest BCUT2D eigenvalue weighted by molar-refractivity contribution is 0.323. The van der Waals surface area contributed by atoms with E-state index in [1.807, 2.05) is 0 Å². The predicted molar refractivity (Wildman–Crippen MR) is 112 cm³/mol. The maximum absolute atomic E-state index is 13.3. The zero-order chi connectivity index (χ0) is 21.9. The summed E-state index contributed by atoms with van der Waals surface area (Å²) in [6, 6.07) is 7.51. The summed E-state index contributed by atoms with van der Waals surface area (Å²) < 4.78 is 74.6. The van der Waals surface area contributed by atoms with Crippen LogP contribution in [-0.4, -0.2) is 40.8 Å². The molecule has 0 spiro atoms. The van der Waals surface area contributed by atoms with Gasteiger partial charge in [0.2, 0.25) is 10.0 Å². The van der Waals surface area contributed by atoms with Gasteiger partial charge < -0.3 is 4.74 Å². The zero-order valence-corrected chi connectivity index (χ0v) is 18.5. The van der Waals surface area contributed by atoms with E-state index in [9.17, 15) is 21.2 Å². The van der Waals surface area contributed by atoms with Gasteiger partial charge in [-0.05, 0) is 68.7 Å². The molecule has 0 atom stereocenters. The first-order chi connectivity index (χ1) is 14.1. The van der Waals surface area contributed by atoms with Crippen molar-refractivity contribution in [3.8, 4) is 5.75 Å². The second-order valence-corrected chi connectivity index (χ2v) is 10.6. The zero-order valence-electron chi connectivity index (χ0n) is 16.9. The van der Waals surface area contributed by atoms with Crippen LogP contribution in [0.1, 0.15) is 31.7 Å². The van der Waals surface area contributed by atoms with E-state index in [-0.39, 0.29) is 33.4 Å². The van der Waals surface area contributed by atoms with Crippen LogP contribution in [0, 0.1) is 12.7 Å². The van der Waals surface area contributed by atoms with E-state index >= 15 is 0 Å². The molecule has 164 valence electrons. The third-order valence-corrected chi connectivity index (χ3v) is 8.32. The molecule has 0 bridgehead atoms. The van der Waals surface area contributed by atoms with E-state index in [0.29, 0.717) is 13.1 Å². The molecule has 7 nitrogen and oxygen atoms in total. The van der Waals surface area contributed by atoms with Gasteiger partial charge in [0.1, 0.15) is 16.5 Å². The molecule has 0 unspecified atom stereocenters. The van der Waals surface area contributed by atoms with E-state index in [2.05, 4.69) is 4.72 Å². The molecular formula is C20H25FN2O5S2. The van der Waals surface area contributed by atoms with Gasteiger partial charge in [-0.1, -0.05) is 6.42 Å². The molecule has 1 N–H and O–H groups in total. The molecule has 1 aliphatic rings. The number of benzene rings is 2. The number of halogens is 1. The predicted octanol–water partition coefficient (Wildman–Crippen LogP) is 3.51. The summed E-state index contributed by atoms with van der Waals surface area (Å²) in [4.78, 5) is -0.166. The number of nitrogens with zero attached hydrogens (tertiary/aromatic N) is 1. The van der Waals surface area contributed by atoms with Gasteiger partial charge in [0, 0.05) is 13.1 Å². The Morgan fingerprint density at radius 2 is 1.70 bits per heavy atom. The van der Waals surface area contributed by atoms with E-state index in [0.717, 1.165) is 31.4 Å². The first kappa shape index (κ1) is 22.5. The third kappa shape index (κ3) is 4.76. The number of hydrogen-bond donors (Lipinski definition) is 1. The minimum Gasteiger partial charge on any atom is -0.492 e. The molecule has 2 aromatic carbocycles. The highest BCUT2D eigenvalue weighted by atomic mass is 32.2. The Hall–Kier alpha value is -2.17. The molecule has 0 aliphatic carbocycles. The summed E-state index contributed by atoms with van der Waals surface area (Å²) in [6.45, 7) is 4.33. The molecule has 0 saturated carbocycles. The number of anilines is 1. The van der Waals surface area contributed by atoms with Crippen molar-refractivity contribution in [3.63, 3.8) is 0 Å². The number of piperidine rings is 1. The Morgan fingerprint density at radius 3 is 2.33 bits per heavy atom. The van der Waals surface area contributed by atoms with Crippen LogP contribution in [0.25, 0.3) is 0 Å². The van der Waals surface area contributed by atoms with Crippen molar-refractivity contribution in [2.75, 3.05) is 24.4 Å². The Labute approximate surface area is 177 Å². The van der Waals surface area contributed by atoms with Crippen LogP contribution >= 0.6 is 0 Å². The van der Waals surface area contributed by atoms with Crippen molar-refractivity contribution < 1.29 is 26.0 Å². The SMILES string of the molecule is CCOc1ccc(NS(=O)(=O)c2ccc(F)cc2C)cc1S(=O)(=O)N1CCCCC1. The molecule has 0 amide bonds. The van der Waals surface area contributed by atoms with Crippen LogP contribution in [0.5, 0.6) is 5.75 Å². The van der Waals surface area contributed by atoms with Gasteiger partial charge in [0.15, 0.2) is 0 Å². The van der Waals surface area contributed by atoms with Crippen LogP contribution in [0.3, 0.4) is 0 Å². The van der Waals surface area contributed by atoms with Gasteiger partial charge in [0.05, 0.1) is 17.2 Å². The molecule has 1 heterocycles. The summed E-state index contributed by atoms with van der Waals surface area (Å²) in [5, 5.41) is 0. The standard InChI is InChI=1S/C20H25FN2O5S2/c1-3-28-18-9-8-17(14-20(18)30(26,27)23-11-5-4-6-12-23)22-29(24,25)19-10-7-16(21)13-15(19)2/h7-10,13-14,22H,3-6,11-12H2,1-2H3. The molecule has 1 fully saturated rings. The number of rotatable bonds is 7. The van der Waals surface area contributed by atoms with E-state index in [1.54, 1.807) is 6.92 Å². The molecule has 30 heavy (non-hydrogen) atoms. The normalized spacial score (nSPS) is 15.7. The third-order valence-electron chi connectivity index (χ3n) is 4.86. The Balaban J connectivity index is 1.99. The summed E-state index contributed by atoms with van der Waals surface area (Å²) in [7, 11) is -7.89. The van der Waals surface area contributed by atoms with Gasteiger partial charge in [-0.15, -0.1) is 0 Å². The highest BCUT2D eigenvalue weighted by molar-refractivity contribution is 7.92. The smallest absolute Gasteiger partial charge is 0.262 e. The van der Waals surface area contributed by atoms with E-state index < -0.39 is 25.9 Å². The molecule has 0 radical (unpaired) electrons. The highest BCUT2D eigenvalue weighted by Crippen LogP contribution is 2.32. The number of sulfonamides is 2. The molecular weight excluding hydrogens is 431 g/mol. The maximum Gasteiger partial charge on any atom is 0.262 e. The maximum atomic E-state index is 13.3. The first-order valence-electron chi connectivity index (χ1n) is 9.71. The number of ether oxygens (including phenoxy) is 1. The highest BCUT2D eigenvalue weighted by Gasteiger charge is 2.30. The fourth-order valence-electron chi connectivity index (χ4n) is 3.42. The second kappa shape index (κ2) is 8.91. The second-order valence-electron chi connectivity index (χ2n) is 7.07. The van der Waals surface area contributed by atoms with Gasteiger partial charge in [-0.25, -0.2) is 21.2 Å². The summed E-state index contributed by atoms with van der Waals surface area (Å²) >= 11 is 0. The minimum atomic E-state index is -4.04. The summed E-state index contributed by atoms with van der Waals surface area (Å²) in [6.07, 6.45) is 2.53. The Morgan fingerprint density at radius 1 is 1.00 bits per heavy atom. The topological polar surface area (TPSA) is 92.8 Å². The number of nitrogens with one attached hydrogen (secondary N) is 1. The Bertz CT molecular complexity index is 1130. The number of hydrogen-bond acceptors (Lipinski definition) is 5. The Kier molecular flexibility index (Phi) is 6.68. The fraction of sp³-hybridized carbons (Fsp3) is 0.400. The van der Waals surface area contributed by atoms with Crippen LogP contribution in [-0.2, 0) is 20.0 Å². The van der Waals surface area contributed by atoms with Gasteiger partial charge in [-0.2, -0.15) is 4.31 Å². The van der Waals surface area contributed by atoms with Gasteiger partial charge >= 0.3 is 0 Å². The van der Waals surface area contributed by atoms with Crippen LogP contribution in [0.4, 0.5) is 10.1 Å². The lowest BCUT2D eigenvalue weighted by Gasteiger charge is -2.27. The first-order valence-corrected chi connectivity index (χ1v) is 12.6. The van der Waals surface area contributed by atoms with Crippen molar-refractivity contribution >= 4 is 25.7 Å². The van der Waals surface area contributed by atoms with E-state index in [1.165, 1.54) is 35.5 Å². The average Bonchev–Trinajstić information content (AvgIpc) is 2.69. The molecule has 2 aromatic rings. The molecule has 3 rings (SSSR count). The van der Waals surface area contributed by atoms with Gasteiger partial charge in [-0.3, -0.25) is 4.72 Å². The molecule has 1 saturated heterocycles. The van der Waals surface area contributed by atoms with Crippen molar-refractivity contribution in [2.24, 2.45) is 0 Å². The fourth-order valence-corrected chi connectivity index (χ4v) is 6.37. The van der Waals surface area contributed by atoms with Crippen LogP contribution in [0.15, 0.2) is 46.2 Å². The molecule has 1 aliphatic heterocycles. The number of aryl methyl sites for hydroxylation is 1. The van der Waals surface area contributed by atoms with E-state index in [4.69, 9.17) is 4.74 Å².